The van der Waals surface area contributed by atoms with Gasteiger partial charge in [0.2, 0.25) is 0 Å². The van der Waals surface area contributed by atoms with Crippen molar-refractivity contribution in [3.8, 4) is 5.75 Å². The minimum absolute atomic E-state index is 0.339. The van der Waals surface area contributed by atoms with Crippen molar-refractivity contribution in [1.82, 2.24) is 10.2 Å². The summed E-state index contributed by atoms with van der Waals surface area (Å²) in [5.41, 5.74) is 5.58. The van der Waals surface area contributed by atoms with Crippen molar-refractivity contribution in [2.24, 2.45) is 0 Å². The van der Waals surface area contributed by atoms with Crippen molar-refractivity contribution < 1.29 is 4.74 Å². The fourth-order valence-corrected chi connectivity index (χ4v) is 3.94. The van der Waals surface area contributed by atoms with E-state index in [2.05, 4.69) is 28.5 Å². The molecule has 3 heterocycles. The van der Waals surface area contributed by atoms with Gasteiger partial charge in [0.05, 0.1) is 0 Å². The van der Waals surface area contributed by atoms with Crippen molar-refractivity contribution in [2.75, 3.05) is 44.6 Å². The van der Waals surface area contributed by atoms with Gasteiger partial charge >= 0.3 is 0 Å². The molecule has 1 aromatic carbocycles. The van der Waals surface area contributed by atoms with Gasteiger partial charge in [-0.2, -0.15) is 0 Å². The first-order valence-corrected chi connectivity index (χ1v) is 8.30. The number of hydrogen-bond acceptors (Lipinski definition) is 4. The van der Waals surface area contributed by atoms with Gasteiger partial charge in [0.25, 0.3) is 0 Å². The van der Waals surface area contributed by atoms with E-state index in [0.29, 0.717) is 6.10 Å². The topological polar surface area (TPSA) is 36.5 Å². The molecule has 0 amide bonds. The van der Waals surface area contributed by atoms with Gasteiger partial charge in [0.15, 0.2) is 0 Å². The van der Waals surface area contributed by atoms with Crippen LogP contribution in [-0.4, -0.2) is 50.3 Å². The summed E-state index contributed by atoms with van der Waals surface area (Å²) in [6.07, 6.45) is 3.79. The van der Waals surface area contributed by atoms with Crippen molar-refractivity contribution in [3.63, 3.8) is 0 Å². The molecule has 1 saturated heterocycles. The Labute approximate surface area is 126 Å². The molecule has 0 saturated carbocycles. The Kier molecular flexibility index (Phi) is 3.51. The third kappa shape index (κ3) is 2.51. The van der Waals surface area contributed by atoms with Crippen LogP contribution in [0.4, 0.5) is 5.69 Å². The highest BCUT2D eigenvalue weighted by atomic mass is 16.5. The summed E-state index contributed by atoms with van der Waals surface area (Å²) in [6.45, 7) is 8.90. The summed E-state index contributed by atoms with van der Waals surface area (Å²) in [5.74, 6) is 1.20. The van der Waals surface area contributed by atoms with Crippen LogP contribution in [0, 0.1) is 6.92 Å². The second-order valence-electron chi connectivity index (χ2n) is 6.56. The molecule has 4 rings (SSSR count). The number of benzene rings is 1. The molecule has 0 aromatic heterocycles. The second-order valence-corrected chi connectivity index (χ2v) is 6.56. The van der Waals surface area contributed by atoms with Crippen LogP contribution in [0.25, 0.3) is 0 Å². The maximum absolute atomic E-state index is 6.36. The molecule has 1 atom stereocenters. The number of fused-ring (bicyclic) bond motifs is 3. The summed E-state index contributed by atoms with van der Waals surface area (Å²) in [7, 11) is 0. The van der Waals surface area contributed by atoms with Gasteiger partial charge in [-0.25, -0.2) is 0 Å². The number of piperazine rings is 1. The first-order chi connectivity index (χ1) is 10.3. The summed E-state index contributed by atoms with van der Waals surface area (Å²) >= 11 is 0. The smallest absolute Gasteiger partial charge is 0.128 e. The van der Waals surface area contributed by atoms with Gasteiger partial charge in [-0.1, -0.05) is 6.07 Å². The summed E-state index contributed by atoms with van der Waals surface area (Å²) in [6, 6.07) is 2.34. The van der Waals surface area contributed by atoms with Crippen LogP contribution in [0.15, 0.2) is 6.07 Å². The van der Waals surface area contributed by atoms with Crippen LogP contribution in [-0.2, 0) is 12.8 Å². The molecular formula is C17H25N3O. The van der Waals surface area contributed by atoms with E-state index in [0.717, 1.165) is 52.1 Å². The molecule has 0 bridgehead atoms. The number of aryl methyl sites for hydroxylation is 1. The van der Waals surface area contributed by atoms with Crippen molar-refractivity contribution in [1.29, 1.82) is 0 Å². The lowest BCUT2D eigenvalue weighted by molar-refractivity contribution is 0.139. The first kappa shape index (κ1) is 13.4. The van der Waals surface area contributed by atoms with E-state index < -0.39 is 0 Å². The third-order valence-corrected chi connectivity index (χ3v) is 4.96. The van der Waals surface area contributed by atoms with Crippen LogP contribution < -0.4 is 15.4 Å². The molecule has 1 fully saturated rings. The van der Waals surface area contributed by atoms with Gasteiger partial charge in [0.1, 0.15) is 11.9 Å². The molecule has 114 valence electrons. The maximum atomic E-state index is 6.36. The predicted molar refractivity (Wildman–Crippen MR) is 85.4 cm³/mol. The lowest BCUT2D eigenvalue weighted by Crippen LogP contribution is -2.47. The van der Waals surface area contributed by atoms with E-state index in [1.807, 2.05) is 0 Å². The van der Waals surface area contributed by atoms with Gasteiger partial charge in [-0.3, -0.25) is 4.90 Å². The molecule has 1 unspecified atom stereocenters. The summed E-state index contributed by atoms with van der Waals surface area (Å²) < 4.78 is 6.36. The molecule has 3 aliphatic rings. The van der Waals surface area contributed by atoms with Crippen LogP contribution in [0.2, 0.25) is 0 Å². The van der Waals surface area contributed by atoms with Crippen LogP contribution >= 0.6 is 0 Å². The zero-order valence-electron chi connectivity index (χ0n) is 12.9. The lowest BCUT2D eigenvalue weighted by atomic mass is 9.95. The largest absolute Gasteiger partial charge is 0.488 e. The van der Waals surface area contributed by atoms with Crippen LogP contribution in [0.3, 0.4) is 0 Å². The number of nitrogens with one attached hydrogen (secondary N) is 2. The predicted octanol–water partition coefficient (Wildman–Crippen LogP) is 1.56. The Morgan fingerprint density at radius 2 is 2.14 bits per heavy atom. The number of hydrogen-bond donors (Lipinski definition) is 2. The lowest BCUT2D eigenvalue weighted by Gasteiger charge is -2.29. The Morgan fingerprint density at radius 3 is 3.00 bits per heavy atom. The molecule has 0 aliphatic carbocycles. The van der Waals surface area contributed by atoms with Crippen LogP contribution in [0.5, 0.6) is 5.75 Å². The fraction of sp³-hybridized carbons (Fsp3) is 0.647. The maximum Gasteiger partial charge on any atom is 0.128 e. The van der Waals surface area contributed by atoms with E-state index >= 15 is 0 Å². The number of anilines is 1. The third-order valence-electron chi connectivity index (χ3n) is 4.96. The van der Waals surface area contributed by atoms with Gasteiger partial charge in [-0.05, 0) is 30.9 Å². The summed E-state index contributed by atoms with van der Waals surface area (Å²) in [4.78, 5) is 2.53. The van der Waals surface area contributed by atoms with E-state index in [4.69, 9.17) is 4.74 Å². The fourth-order valence-electron chi connectivity index (χ4n) is 3.94. The Morgan fingerprint density at radius 1 is 1.29 bits per heavy atom. The van der Waals surface area contributed by atoms with Crippen molar-refractivity contribution in [3.05, 3.63) is 22.8 Å². The SMILES string of the molecule is Cc1cc2c(c3c1NCCC3)OC(CN1CCNCC1)C2. The minimum atomic E-state index is 0.339. The number of rotatable bonds is 2. The molecule has 4 heteroatoms. The molecule has 3 aliphatic heterocycles. The molecule has 4 nitrogen and oxygen atoms in total. The van der Waals surface area contributed by atoms with E-state index in [1.54, 1.807) is 0 Å². The molecular weight excluding hydrogens is 262 g/mol. The highest BCUT2D eigenvalue weighted by Gasteiger charge is 2.30. The minimum Gasteiger partial charge on any atom is -0.488 e. The van der Waals surface area contributed by atoms with Crippen molar-refractivity contribution in [2.45, 2.75) is 32.3 Å². The molecule has 21 heavy (non-hydrogen) atoms. The second kappa shape index (κ2) is 5.50. The standard InChI is InChI=1S/C17H25N3O/c1-12-9-13-10-14(11-20-7-5-18-6-8-20)21-17(13)15-3-2-4-19-16(12)15/h9,14,18-19H,2-8,10-11H2,1H3. The monoisotopic (exact) mass is 287 g/mol. The van der Waals surface area contributed by atoms with Gasteiger partial charge in [0, 0.05) is 56.9 Å². The highest BCUT2D eigenvalue weighted by molar-refractivity contribution is 5.67. The number of nitrogens with zero attached hydrogens (tertiary/aromatic N) is 1. The highest BCUT2D eigenvalue weighted by Crippen LogP contribution is 2.41. The van der Waals surface area contributed by atoms with Crippen LogP contribution in [0.1, 0.15) is 23.1 Å². The quantitative estimate of drug-likeness (QED) is 0.865. The Bertz CT molecular complexity index is 537. The average Bonchev–Trinajstić information content (AvgIpc) is 2.91. The number of ether oxygens (including phenoxy) is 1. The van der Waals surface area contributed by atoms with E-state index in [1.165, 1.54) is 34.5 Å². The van der Waals surface area contributed by atoms with Crippen molar-refractivity contribution >= 4 is 5.69 Å². The normalized spacial score (nSPS) is 24.9. The Hall–Kier alpha value is -1.26. The zero-order valence-corrected chi connectivity index (χ0v) is 12.9. The average molecular weight is 287 g/mol. The summed E-state index contributed by atoms with van der Waals surface area (Å²) in [5, 5.41) is 6.97. The first-order valence-electron chi connectivity index (χ1n) is 8.30. The van der Waals surface area contributed by atoms with Gasteiger partial charge in [-0.15, -0.1) is 0 Å². The molecule has 1 aromatic rings. The van der Waals surface area contributed by atoms with E-state index in [-0.39, 0.29) is 0 Å². The molecule has 2 N–H and O–H groups in total. The Balaban J connectivity index is 1.53. The zero-order chi connectivity index (χ0) is 14.2. The van der Waals surface area contributed by atoms with Gasteiger partial charge < -0.3 is 15.4 Å². The van der Waals surface area contributed by atoms with E-state index in [9.17, 15) is 0 Å². The molecule has 0 spiro atoms. The molecule has 0 radical (unpaired) electrons.